The van der Waals surface area contributed by atoms with Gasteiger partial charge in [-0.15, -0.1) is 0 Å². The topological polar surface area (TPSA) is 173 Å². The third-order valence-corrected chi connectivity index (χ3v) is 11.4. The average molecular weight is 766 g/mol. The lowest BCUT2D eigenvalue weighted by Crippen LogP contribution is -2.52. The molecule has 3 aliphatic rings. The molecule has 5 atom stereocenters. The van der Waals surface area contributed by atoms with E-state index < -0.39 is 64.4 Å². The zero-order valence-corrected chi connectivity index (χ0v) is 34.2. The highest BCUT2D eigenvalue weighted by atomic mass is 16.6. The number of carbonyl (C=O) groups is 7. The number of carbonyl (C=O) groups excluding carboxylic acids is 7. The van der Waals surface area contributed by atoms with E-state index >= 15 is 0 Å². The molecule has 55 heavy (non-hydrogen) atoms. The first-order valence-corrected chi connectivity index (χ1v) is 20.2. The summed E-state index contributed by atoms with van der Waals surface area (Å²) in [5.74, 6) is -4.66. The van der Waals surface area contributed by atoms with E-state index in [9.17, 15) is 33.6 Å². The number of hydrogen-bond acceptors (Lipinski definition) is 10. The molecule has 1 saturated heterocycles. The van der Waals surface area contributed by atoms with Crippen molar-refractivity contribution >= 4 is 41.0 Å². The number of hydrogen-bond donors (Lipinski definition) is 1. The summed E-state index contributed by atoms with van der Waals surface area (Å²) in [6.45, 7) is 12.8. The lowest BCUT2D eigenvalue weighted by molar-refractivity contribution is -0.144. The molecule has 0 radical (unpaired) electrons. The monoisotopic (exact) mass is 765 g/mol. The van der Waals surface area contributed by atoms with E-state index in [1.807, 2.05) is 27.7 Å². The number of nitrogens with one attached hydrogen (secondary N) is 1. The van der Waals surface area contributed by atoms with Gasteiger partial charge in [0.15, 0.2) is 11.6 Å². The van der Waals surface area contributed by atoms with Crippen molar-refractivity contribution in [3.05, 3.63) is 24.3 Å². The van der Waals surface area contributed by atoms with Crippen LogP contribution in [0.15, 0.2) is 18.6 Å². The van der Waals surface area contributed by atoms with E-state index in [0.717, 1.165) is 44.9 Å². The second-order valence-electron chi connectivity index (χ2n) is 18.1. The van der Waals surface area contributed by atoms with Crippen molar-refractivity contribution in [2.75, 3.05) is 20.1 Å². The van der Waals surface area contributed by atoms with E-state index in [1.54, 1.807) is 27.8 Å². The number of rotatable bonds is 17. The predicted molar refractivity (Wildman–Crippen MR) is 206 cm³/mol. The minimum absolute atomic E-state index is 0.0175. The maximum atomic E-state index is 14.7. The number of nitrogens with zero attached hydrogens (tertiary/aromatic N) is 4. The summed E-state index contributed by atoms with van der Waals surface area (Å²) in [6, 6.07) is -1.59. The molecule has 304 valence electrons. The summed E-state index contributed by atoms with van der Waals surface area (Å²) in [5.41, 5.74) is -1.40. The molecule has 2 saturated carbocycles. The van der Waals surface area contributed by atoms with Crippen LogP contribution < -0.4 is 5.32 Å². The fourth-order valence-corrected chi connectivity index (χ4v) is 8.01. The summed E-state index contributed by atoms with van der Waals surface area (Å²) in [6.07, 6.45) is 10.8. The van der Waals surface area contributed by atoms with Crippen molar-refractivity contribution in [3.8, 4) is 0 Å². The Bertz CT molecular complexity index is 1560. The van der Waals surface area contributed by atoms with Gasteiger partial charge in [-0.3, -0.25) is 33.8 Å². The van der Waals surface area contributed by atoms with Gasteiger partial charge in [0.1, 0.15) is 17.1 Å². The molecule has 13 nitrogen and oxygen atoms in total. The Morgan fingerprint density at radius 2 is 1.60 bits per heavy atom. The van der Waals surface area contributed by atoms with Crippen LogP contribution in [-0.4, -0.2) is 98.6 Å². The molecule has 3 fully saturated rings. The smallest absolute Gasteiger partial charge is 0.410 e. The number of likely N-dealkylation sites (N-methyl/N-ethyl adjacent to an activating group) is 1. The number of likely N-dealkylation sites (tertiary alicyclic amines) is 1. The van der Waals surface area contributed by atoms with Gasteiger partial charge < -0.3 is 19.9 Å². The SMILES string of the molecule is CCC[C@H](CC(=O)[C@@H]1CN(C(=O)OC(C)(C)C)C[C@@H]1N(C)C(=O)[C@@H](CC(=O)[C@@H](NC(=O)c1cnccn1)C1CCCCC1)C(C)(C)C)C(=O)C(=O)CC1CC1. The van der Waals surface area contributed by atoms with Gasteiger partial charge in [-0.05, 0) is 70.1 Å². The van der Waals surface area contributed by atoms with E-state index in [4.69, 9.17) is 4.74 Å². The van der Waals surface area contributed by atoms with Crippen molar-refractivity contribution < 1.29 is 38.3 Å². The van der Waals surface area contributed by atoms with Gasteiger partial charge >= 0.3 is 6.09 Å². The van der Waals surface area contributed by atoms with Crippen LogP contribution in [0.1, 0.15) is 136 Å². The largest absolute Gasteiger partial charge is 0.444 e. The molecule has 0 spiro atoms. The molecule has 13 heteroatoms. The van der Waals surface area contributed by atoms with E-state index in [2.05, 4.69) is 15.3 Å². The summed E-state index contributed by atoms with van der Waals surface area (Å²) in [4.78, 5) is 107. The fourth-order valence-electron chi connectivity index (χ4n) is 8.01. The van der Waals surface area contributed by atoms with Gasteiger partial charge in [0.2, 0.25) is 11.7 Å². The van der Waals surface area contributed by atoms with Gasteiger partial charge in [-0.2, -0.15) is 0 Å². The zero-order valence-electron chi connectivity index (χ0n) is 34.2. The van der Waals surface area contributed by atoms with Crippen LogP contribution in [0.5, 0.6) is 0 Å². The maximum absolute atomic E-state index is 14.7. The minimum Gasteiger partial charge on any atom is -0.444 e. The lowest BCUT2D eigenvalue weighted by Gasteiger charge is -2.38. The van der Waals surface area contributed by atoms with Crippen LogP contribution in [0.3, 0.4) is 0 Å². The third-order valence-electron chi connectivity index (χ3n) is 11.4. The second-order valence-corrected chi connectivity index (χ2v) is 18.1. The normalized spacial score (nSPS) is 20.9. The van der Waals surface area contributed by atoms with E-state index in [-0.39, 0.29) is 67.4 Å². The molecule has 2 aliphatic carbocycles. The van der Waals surface area contributed by atoms with Crippen molar-refractivity contribution in [2.24, 2.45) is 35.0 Å². The zero-order chi connectivity index (χ0) is 40.7. The summed E-state index contributed by atoms with van der Waals surface area (Å²) >= 11 is 0. The average Bonchev–Trinajstić information content (AvgIpc) is 3.83. The molecule has 0 unspecified atom stereocenters. The number of aromatic nitrogens is 2. The Hall–Kier alpha value is -4.03. The summed E-state index contributed by atoms with van der Waals surface area (Å²) < 4.78 is 5.66. The Morgan fingerprint density at radius 1 is 0.927 bits per heavy atom. The van der Waals surface area contributed by atoms with Crippen LogP contribution in [0.2, 0.25) is 0 Å². The lowest BCUT2D eigenvalue weighted by atomic mass is 9.73. The molecule has 1 aromatic heterocycles. The van der Waals surface area contributed by atoms with Crippen LogP contribution >= 0.6 is 0 Å². The highest BCUT2D eigenvalue weighted by molar-refractivity contribution is 6.38. The second kappa shape index (κ2) is 18.7. The van der Waals surface area contributed by atoms with E-state index in [1.165, 1.54) is 28.4 Å². The quantitative estimate of drug-likeness (QED) is 0.192. The van der Waals surface area contributed by atoms with Crippen molar-refractivity contribution in [3.63, 3.8) is 0 Å². The number of amides is 3. The van der Waals surface area contributed by atoms with Gasteiger partial charge in [0.25, 0.3) is 5.91 Å². The Kier molecular flexibility index (Phi) is 14.9. The molecule has 1 N–H and O–H groups in total. The highest BCUT2D eigenvalue weighted by Crippen LogP contribution is 2.37. The molecule has 1 aromatic rings. The minimum atomic E-state index is -0.843. The first-order chi connectivity index (χ1) is 25.8. The van der Waals surface area contributed by atoms with Crippen molar-refractivity contribution in [1.29, 1.82) is 0 Å². The highest BCUT2D eigenvalue weighted by Gasteiger charge is 2.48. The van der Waals surface area contributed by atoms with Crippen LogP contribution in [0.25, 0.3) is 0 Å². The van der Waals surface area contributed by atoms with Crippen LogP contribution in [-0.2, 0) is 28.7 Å². The van der Waals surface area contributed by atoms with Crippen molar-refractivity contribution in [2.45, 2.75) is 143 Å². The van der Waals surface area contributed by atoms with Gasteiger partial charge in [-0.25, -0.2) is 9.78 Å². The van der Waals surface area contributed by atoms with Gasteiger partial charge in [0.05, 0.1) is 24.2 Å². The first kappa shape index (κ1) is 43.7. The number of ketones is 4. The van der Waals surface area contributed by atoms with Gasteiger partial charge in [-0.1, -0.05) is 53.4 Å². The standard InChI is InChI=1S/C42H63N5O8/c1-9-13-28(37(51)35(50)20-26-16-17-26)21-33(48)29-24-47(40(54)55-42(5,6)7)25-32(29)46(8)39(53)30(41(2,3)4)22-34(49)36(27-14-11-10-12-15-27)45-38(52)31-23-43-18-19-44-31/h18-19,23,26-30,32,36H,9-17,20-22,24-25H2,1-8H3,(H,45,52)/t28-,29-,30-,32+,36+/m1/s1. The molecule has 0 bridgehead atoms. The Labute approximate surface area is 326 Å². The maximum Gasteiger partial charge on any atom is 0.410 e. The van der Waals surface area contributed by atoms with E-state index in [0.29, 0.717) is 12.8 Å². The number of Topliss-reactive ketones (excluding diaryl/α,β-unsaturated/α-hetero) is 4. The van der Waals surface area contributed by atoms with Gasteiger partial charge in [0, 0.05) is 63.6 Å². The van der Waals surface area contributed by atoms with Crippen LogP contribution in [0, 0.1) is 35.0 Å². The fraction of sp³-hybridized carbons (Fsp3) is 0.738. The van der Waals surface area contributed by atoms with Crippen LogP contribution in [0.4, 0.5) is 4.79 Å². The molecule has 4 rings (SSSR count). The molecule has 2 heterocycles. The number of ether oxygens (including phenoxy) is 1. The summed E-state index contributed by atoms with van der Waals surface area (Å²) in [5, 5.41) is 2.93. The molecular weight excluding hydrogens is 702 g/mol. The Morgan fingerprint density at radius 3 is 2.16 bits per heavy atom. The molecule has 1 aliphatic heterocycles. The summed E-state index contributed by atoms with van der Waals surface area (Å²) in [7, 11) is 1.59. The predicted octanol–water partition coefficient (Wildman–Crippen LogP) is 5.78. The molecule has 0 aromatic carbocycles. The first-order valence-electron chi connectivity index (χ1n) is 20.2. The molecule has 3 amide bonds. The van der Waals surface area contributed by atoms with Crippen molar-refractivity contribution in [1.82, 2.24) is 25.1 Å². The third kappa shape index (κ3) is 12.2. The molecular formula is C42H63N5O8. The Balaban J connectivity index is 1.59.